The van der Waals surface area contributed by atoms with E-state index in [9.17, 15) is 0 Å². The Balaban J connectivity index is 2.99. The summed E-state index contributed by atoms with van der Waals surface area (Å²) in [7, 11) is 2.19. The lowest BCUT2D eigenvalue weighted by atomic mass is 10.0. The van der Waals surface area contributed by atoms with Crippen LogP contribution in [-0.4, -0.2) is 19.1 Å². The number of hydrogen-bond acceptors (Lipinski definition) is 2. The van der Waals surface area contributed by atoms with Gasteiger partial charge in [0.2, 0.25) is 0 Å². The van der Waals surface area contributed by atoms with Gasteiger partial charge in [0, 0.05) is 24.8 Å². The molecule has 0 saturated heterocycles. The molecule has 1 aromatic rings. The molecule has 0 bridgehead atoms. The van der Waals surface area contributed by atoms with Crippen molar-refractivity contribution >= 4 is 5.69 Å². The van der Waals surface area contributed by atoms with E-state index in [0.717, 1.165) is 6.42 Å². The predicted molar refractivity (Wildman–Crippen MR) is 81.3 cm³/mol. The van der Waals surface area contributed by atoms with E-state index in [1.54, 1.807) is 0 Å². The Morgan fingerprint density at radius 1 is 1.28 bits per heavy atom. The zero-order chi connectivity index (χ0) is 13.7. The molecule has 2 nitrogen and oxygen atoms in total. The molecule has 0 heterocycles. The van der Waals surface area contributed by atoms with Crippen LogP contribution in [0.3, 0.4) is 0 Å². The van der Waals surface area contributed by atoms with E-state index in [1.165, 1.54) is 29.7 Å². The van der Waals surface area contributed by atoms with Crippen molar-refractivity contribution in [3.05, 3.63) is 29.3 Å². The van der Waals surface area contributed by atoms with E-state index in [4.69, 9.17) is 5.73 Å². The summed E-state index contributed by atoms with van der Waals surface area (Å²) in [4.78, 5) is 2.39. The average molecular weight is 248 g/mol. The average Bonchev–Trinajstić information content (AvgIpc) is 2.28. The van der Waals surface area contributed by atoms with Gasteiger partial charge in [-0.1, -0.05) is 31.0 Å². The summed E-state index contributed by atoms with van der Waals surface area (Å²) in [5.74, 6) is 0. The van der Waals surface area contributed by atoms with Crippen LogP contribution in [0.5, 0.6) is 0 Å². The first-order valence-corrected chi connectivity index (χ1v) is 7.03. The highest BCUT2D eigenvalue weighted by atomic mass is 15.1. The minimum atomic E-state index is 0.209. The van der Waals surface area contributed by atoms with Gasteiger partial charge in [-0.15, -0.1) is 0 Å². The molecule has 2 atom stereocenters. The Kier molecular flexibility index (Phi) is 5.67. The first-order chi connectivity index (χ1) is 8.45. The molecule has 0 aliphatic heterocycles. The third kappa shape index (κ3) is 4.02. The molecule has 1 aromatic carbocycles. The van der Waals surface area contributed by atoms with E-state index >= 15 is 0 Å². The van der Waals surface area contributed by atoms with Gasteiger partial charge in [-0.25, -0.2) is 0 Å². The first kappa shape index (κ1) is 15.0. The SMILES string of the molecule is CCCC(C)N(C)c1ccc(C)cc1CC(C)N. The van der Waals surface area contributed by atoms with E-state index in [1.807, 2.05) is 0 Å². The molecule has 0 radical (unpaired) electrons. The maximum absolute atomic E-state index is 5.96. The minimum absolute atomic E-state index is 0.209. The van der Waals surface area contributed by atoms with E-state index < -0.39 is 0 Å². The van der Waals surface area contributed by atoms with Gasteiger partial charge in [-0.3, -0.25) is 0 Å². The van der Waals surface area contributed by atoms with Crippen molar-refractivity contribution in [2.24, 2.45) is 5.73 Å². The molecule has 2 unspecified atom stereocenters. The lowest BCUT2D eigenvalue weighted by molar-refractivity contribution is 0.612. The van der Waals surface area contributed by atoms with E-state index in [0.29, 0.717) is 6.04 Å². The number of aryl methyl sites for hydroxylation is 1. The Labute approximate surface area is 112 Å². The topological polar surface area (TPSA) is 29.3 Å². The van der Waals surface area contributed by atoms with Gasteiger partial charge in [-0.2, -0.15) is 0 Å². The zero-order valence-corrected chi connectivity index (χ0v) is 12.5. The molecule has 0 spiro atoms. The van der Waals surface area contributed by atoms with Crippen molar-refractivity contribution in [3.8, 4) is 0 Å². The number of nitrogens with two attached hydrogens (primary N) is 1. The van der Waals surface area contributed by atoms with Crippen LogP contribution in [0, 0.1) is 6.92 Å². The quantitative estimate of drug-likeness (QED) is 0.834. The van der Waals surface area contributed by atoms with Gasteiger partial charge in [0.1, 0.15) is 0 Å². The molecular weight excluding hydrogens is 220 g/mol. The van der Waals surface area contributed by atoms with Crippen LogP contribution in [0.1, 0.15) is 44.7 Å². The fraction of sp³-hybridized carbons (Fsp3) is 0.625. The van der Waals surface area contributed by atoms with Crippen molar-refractivity contribution in [3.63, 3.8) is 0 Å². The summed E-state index contributed by atoms with van der Waals surface area (Å²) in [6.45, 7) is 8.74. The van der Waals surface area contributed by atoms with Crippen LogP contribution in [0.2, 0.25) is 0 Å². The first-order valence-electron chi connectivity index (χ1n) is 7.03. The van der Waals surface area contributed by atoms with Crippen LogP contribution in [0.15, 0.2) is 18.2 Å². The number of benzene rings is 1. The summed E-state index contributed by atoms with van der Waals surface area (Å²) >= 11 is 0. The Hall–Kier alpha value is -1.02. The van der Waals surface area contributed by atoms with E-state index in [-0.39, 0.29) is 6.04 Å². The van der Waals surface area contributed by atoms with Crippen LogP contribution in [0.4, 0.5) is 5.69 Å². The Bertz CT molecular complexity index is 371. The number of hydrogen-bond donors (Lipinski definition) is 1. The maximum Gasteiger partial charge on any atom is 0.0399 e. The fourth-order valence-electron chi connectivity index (χ4n) is 2.42. The van der Waals surface area contributed by atoms with Crippen molar-refractivity contribution < 1.29 is 0 Å². The molecule has 1 rings (SSSR count). The highest BCUT2D eigenvalue weighted by Crippen LogP contribution is 2.25. The second kappa shape index (κ2) is 6.79. The zero-order valence-electron chi connectivity index (χ0n) is 12.5. The molecular formula is C16H28N2. The van der Waals surface area contributed by atoms with E-state index in [2.05, 4.69) is 57.8 Å². The van der Waals surface area contributed by atoms with Crippen molar-refractivity contribution in [2.45, 2.75) is 59.0 Å². The molecule has 18 heavy (non-hydrogen) atoms. The molecule has 2 heteroatoms. The Morgan fingerprint density at radius 2 is 1.94 bits per heavy atom. The summed E-state index contributed by atoms with van der Waals surface area (Å²) in [5, 5.41) is 0. The lowest BCUT2D eigenvalue weighted by Gasteiger charge is -2.29. The molecule has 102 valence electrons. The predicted octanol–water partition coefficient (Wildman–Crippen LogP) is 3.51. The van der Waals surface area contributed by atoms with Crippen molar-refractivity contribution in [2.75, 3.05) is 11.9 Å². The van der Waals surface area contributed by atoms with Gasteiger partial charge in [0.15, 0.2) is 0 Å². The smallest absolute Gasteiger partial charge is 0.0399 e. The van der Waals surface area contributed by atoms with Gasteiger partial charge in [-0.05, 0) is 45.2 Å². The molecule has 0 amide bonds. The maximum atomic E-state index is 5.96. The molecule has 0 aliphatic carbocycles. The summed E-state index contributed by atoms with van der Waals surface area (Å²) in [6.07, 6.45) is 3.39. The molecule has 0 aromatic heterocycles. The normalized spacial score (nSPS) is 14.3. The minimum Gasteiger partial charge on any atom is -0.372 e. The van der Waals surface area contributed by atoms with Crippen molar-refractivity contribution in [1.29, 1.82) is 0 Å². The fourth-order valence-corrected chi connectivity index (χ4v) is 2.42. The van der Waals surface area contributed by atoms with Crippen LogP contribution in [-0.2, 0) is 6.42 Å². The van der Waals surface area contributed by atoms with Crippen molar-refractivity contribution in [1.82, 2.24) is 0 Å². The van der Waals surface area contributed by atoms with Gasteiger partial charge >= 0.3 is 0 Å². The molecule has 2 N–H and O–H groups in total. The monoisotopic (exact) mass is 248 g/mol. The number of rotatable bonds is 6. The Morgan fingerprint density at radius 3 is 2.50 bits per heavy atom. The number of nitrogens with zero attached hydrogens (tertiary/aromatic N) is 1. The van der Waals surface area contributed by atoms with Crippen LogP contribution >= 0.6 is 0 Å². The lowest BCUT2D eigenvalue weighted by Crippen LogP contribution is -2.30. The summed E-state index contributed by atoms with van der Waals surface area (Å²) < 4.78 is 0. The summed E-state index contributed by atoms with van der Waals surface area (Å²) in [6, 6.07) is 7.48. The highest BCUT2D eigenvalue weighted by Gasteiger charge is 2.13. The largest absolute Gasteiger partial charge is 0.372 e. The van der Waals surface area contributed by atoms with Crippen LogP contribution < -0.4 is 10.6 Å². The third-order valence-electron chi connectivity index (χ3n) is 3.52. The van der Waals surface area contributed by atoms with Gasteiger partial charge in [0.25, 0.3) is 0 Å². The van der Waals surface area contributed by atoms with Gasteiger partial charge in [0.05, 0.1) is 0 Å². The molecule has 0 aliphatic rings. The number of anilines is 1. The standard InChI is InChI=1S/C16H28N2/c1-6-7-14(4)18(5)16-9-8-12(2)10-15(16)11-13(3)17/h8-10,13-14H,6-7,11,17H2,1-5H3. The van der Waals surface area contributed by atoms with Crippen LogP contribution in [0.25, 0.3) is 0 Å². The third-order valence-corrected chi connectivity index (χ3v) is 3.52. The summed E-state index contributed by atoms with van der Waals surface area (Å²) in [5.41, 5.74) is 9.97. The van der Waals surface area contributed by atoms with Gasteiger partial charge < -0.3 is 10.6 Å². The highest BCUT2D eigenvalue weighted by molar-refractivity contribution is 5.55. The molecule has 0 saturated carbocycles. The molecule has 0 fully saturated rings. The second-order valence-electron chi connectivity index (χ2n) is 5.56. The second-order valence-corrected chi connectivity index (χ2v) is 5.56.